The van der Waals surface area contributed by atoms with Gasteiger partial charge in [0.2, 0.25) is 0 Å². The fraction of sp³-hybridized carbons (Fsp3) is 0.697. The zero-order valence-corrected chi connectivity index (χ0v) is 26.1. The summed E-state index contributed by atoms with van der Waals surface area (Å²) in [5.41, 5.74) is 4.66. The zero-order valence-electron chi connectivity index (χ0n) is 26.1. The van der Waals surface area contributed by atoms with Crippen molar-refractivity contribution in [1.29, 1.82) is 0 Å². The monoisotopic (exact) mass is 554 g/mol. The molecule has 2 atom stereocenters. The molecule has 0 amide bonds. The summed E-state index contributed by atoms with van der Waals surface area (Å²) in [6.07, 6.45) is 2.79. The highest BCUT2D eigenvalue weighted by Crippen LogP contribution is 2.39. The lowest BCUT2D eigenvalue weighted by atomic mass is 9.85. The normalized spacial score (nSPS) is 20.6. The zero-order chi connectivity index (χ0) is 29.1. The van der Waals surface area contributed by atoms with Crippen LogP contribution in [-0.4, -0.2) is 73.9 Å². The van der Waals surface area contributed by atoms with Crippen molar-refractivity contribution in [3.05, 3.63) is 58.2 Å². The molecule has 0 bridgehead atoms. The lowest BCUT2D eigenvalue weighted by molar-refractivity contribution is -0.0124. The summed E-state index contributed by atoms with van der Waals surface area (Å²) in [4.78, 5) is 14.8. The van der Waals surface area contributed by atoms with E-state index in [1.54, 1.807) is 0 Å². The quantitative estimate of drug-likeness (QED) is 0.316. The minimum atomic E-state index is -1.36. The number of alkyl halides is 1. The van der Waals surface area contributed by atoms with Crippen LogP contribution in [0.5, 0.6) is 0 Å². The highest BCUT2D eigenvalue weighted by atomic mass is 19.1. The lowest BCUT2D eigenvalue weighted by Crippen LogP contribution is -2.41. The van der Waals surface area contributed by atoms with Crippen molar-refractivity contribution in [2.75, 3.05) is 54.1 Å². The molecule has 0 radical (unpaired) electrons. The second kappa shape index (κ2) is 12.9. The van der Waals surface area contributed by atoms with Gasteiger partial charge in [-0.15, -0.1) is 0 Å². The van der Waals surface area contributed by atoms with Gasteiger partial charge in [-0.3, -0.25) is 14.9 Å². The average molecular weight is 555 g/mol. The van der Waals surface area contributed by atoms with Gasteiger partial charge >= 0.3 is 0 Å². The van der Waals surface area contributed by atoms with Gasteiger partial charge in [-0.25, -0.2) is 4.39 Å². The summed E-state index contributed by atoms with van der Waals surface area (Å²) in [7, 11) is 6.24. The molecule has 2 fully saturated rings. The molecular weight excluding hydrogens is 503 g/mol. The van der Waals surface area contributed by atoms with Crippen LogP contribution in [0.3, 0.4) is 0 Å². The van der Waals surface area contributed by atoms with Gasteiger partial charge in [0, 0.05) is 62.1 Å². The Morgan fingerprint density at radius 3 is 2.30 bits per heavy atom. The Morgan fingerprint density at radius 1 is 0.975 bits per heavy atom. The summed E-state index contributed by atoms with van der Waals surface area (Å²) >= 11 is 0. The number of aromatic nitrogens is 2. The van der Waals surface area contributed by atoms with E-state index in [1.165, 1.54) is 11.3 Å². The molecule has 2 aliphatic heterocycles. The molecule has 6 nitrogen and oxygen atoms in total. The number of ether oxygens (including phenoxy) is 2. The molecule has 0 spiro atoms. The van der Waals surface area contributed by atoms with Gasteiger partial charge in [-0.1, -0.05) is 32.9 Å². The molecular formula is C33H51FN4O2. The van der Waals surface area contributed by atoms with Crippen LogP contribution in [0.25, 0.3) is 0 Å². The molecule has 2 unspecified atom stereocenters. The molecule has 0 aromatic carbocycles. The Kier molecular flexibility index (Phi) is 10.0. The van der Waals surface area contributed by atoms with Gasteiger partial charge in [0.25, 0.3) is 0 Å². The highest BCUT2D eigenvalue weighted by Gasteiger charge is 2.37. The van der Waals surface area contributed by atoms with Crippen LogP contribution in [-0.2, 0) is 27.2 Å². The van der Waals surface area contributed by atoms with Gasteiger partial charge < -0.3 is 14.4 Å². The van der Waals surface area contributed by atoms with E-state index in [1.807, 2.05) is 26.2 Å². The maximum atomic E-state index is 16.0. The fourth-order valence-corrected chi connectivity index (χ4v) is 5.99. The number of rotatable bonds is 11. The number of pyridine rings is 2. The Balaban J connectivity index is 1.52. The largest absolute Gasteiger partial charge is 0.381 e. The summed E-state index contributed by atoms with van der Waals surface area (Å²) in [5, 5.41) is 0. The number of hydrogen-bond donors (Lipinski definition) is 0. The van der Waals surface area contributed by atoms with Gasteiger partial charge in [0.1, 0.15) is 5.67 Å². The van der Waals surface area contributed by atoms with E-state index >= 15 is 4.39 Å². The molecule has 222 valence electrons. The van der Waals surface area contributed by atoms with Crippen molar-refractivity contribution >= 4 is 0 Å². The first-order chi connectivity index (χ1) is 18.9. The maximum absolute atomic E-state index is 16.0. The molecule has 4 heterocycles. The van der Waals surface area contributed by atoms with Gasteiger partial charge in [-0.05, 0) is 83.9 Å². The van der Waals surface area contributed by atoms with E-state index in [2.05, 4.69) is 63.6 Å². The van der Waals surface area contributed by atoms with Crippen molar-refractivity contribution in [2.45, 2.75) is 95.8 Å². The third-order valence-electron chi connectivity index (χ3n) is 9.08. The average Bonchev–Trinajstić information content (AvgIpc) is 3.46. The topological polar surface area (TPSA) is 50.7 Å². The number of nitrogens with zero attached hydrogens (tertiary/aromatic N) is 4. The number of halogens is 1. The molecule has 0 aliphatic carbocycles. The molecule has 40 heavy (non-hydrogen) atoms. The Hall–Kier alpha value is -1.93. The van der Waals surface area contributed by atoms with Crippen molar-refractivity contribution in [1.82, 2.24) is 19.8 Å². The first-order valence-electron chi connectivity index (χ1n) is 15.1. The molecule has 0 saturated carbocycles. The van der Waals surface area contributed by atoms with Crippen LogP contribution in [0, 0.1) is 0 Å². The third-order valence-corrected chi connectivity index (χ3v) is 9.08. The second-order valence-corrected chi connectivity index (χ2v) is 13.1. The standard InChI is InChI=1S/C33H51FN4O2/c1-23(2)28-11-9-26(25-14-18-40-22-25)31(36-28)32(4,5)38(8)17-13-24(3)29-12-10-27(30(35-29)21-37(6)7)33(34)15-19-39-20-16-33/h9-12,23-25H,13-22H2,1-8H3. The van der Waals surface area contributed by atoms with Crippen LogP contribution >= 0.6 is 0 Å². The van der Waals surface area contributed by atoms with Crippen molar-refractivity contribution in [3.63, 3.8) is 0 Å². The Labute approximate surface area is 241 Å². The summed E-state index contributed by atoms with van der Waals surface area (Å²) < 4.78 is 27.2. The minimum Gasteiger partial charge on any atom is -0.381 e. The summed E-state index contributed by atoms with van der Waals surface area (Å²) in [6, 6.07) is 8.53. The molecule has 7 heteroatoms. The molecule has 2 aliphatic rings. The lowest BCUT2D eigenvalue weighted by Gasteiger charge is -2.38. The van der Waals surface area contributed by atoms with Crippen LogP contribution in [0.1, 0.15) is 112 Å². The summed E-state index contributed by atoms with van der Waals surface area (Å²) in [6.45, 7) is 15.3. The van der Waals surface area contributed by atoms with Crippen LogP contribution < -0.4 is 0 Å². The molecule has 4 rings (SSSR count). The predicted molar refractivity (Wildman–Crippen MR) is 160 cm³/mol. The Bertz CT molecular complexity index is 1120. The van der Waals surface area contributed by atoms with Crippen molar-refractivity contribution < 1.29 is 13.9 Å². The summed E-state index contributed by atoms with van der Waals surface area (Å²) in [5.74, 6) is 1.03. The van der Waals surface area contributed by atoms with Crippen molar-refractivity contribution in [3.8, 4) is 0 Å². The SMILES string of the molecule is CC(C)c1ccc(C2CCOC2)c(C(C)(C)N(C)CCC(C)c2ccc(C3(F)CCOCC3)c(CN(C)C)n2)n1. The Morgan fingerprint density at radius 2 is 1.68 bits per heavy atom. The van der Waals surface area contributed by atoms with Gasteiger partial charge in [0.15, 0.2) is 0 Å². The first-order valence-corrected chi connectivity index (χ1v) is 15.1. The van der Waals surface area contributed by atoms with E-state index in [9.17, 15) is 0 Å². The van der Waals surface area contributed by atoms with E-state index in [-0.39, 0.29) is 11.5 Å². The molecule has 2 aromatic heterocycles. The molecule has 2 saturated heterocycles. The highest BCUT2D eigenvalue weighted by molar-refractivity contribution is 5.34. The van der Waals surface area contributed by atoms with E-state index in [0.717, 1.165) is 55.2 Å². The van der Waals surface area contributed by atoms with Crippen LogP contribution in [0.2, 0.25) is 0 Å². The van der Waals surface area contributed by atoms with Gasteiger partial charge in [0.05, 0.1) is 23.5 Å². The number of hydrogen-bond acceptors (Lipinski definition) is 6. The minimum absolute atomic E-state index is 0.237. The van der Waals surface area contributed by atoms with E-state index in [0.29, 0.717) is 44.4 Å². The van der Waals surface area contributed by atoms with Crippen molar-refractivity contribution in [2.24, 2.45) is 0 Å². The fourth-order valence-electron chi connectivity index (χ4n) is 5.99. The predicted octanol–water partition coefficient (Wildman–Crippen LogP) is 6.50. The van der Waals surface area contributed by atoms with E-state index in [4.69, 9.17) is 19.4 Å². The molecule has 0 N–H and O–H groups in total. The van der Waals surface area contributed by atoms with Crippen LogP contribution in [0.15, 0.2) is 24.3 Å². The van der Waals surface area contributed by atoms with Gasteiger partial charge in [-0.2, -0.15) is 0 Å². The molecule has 2 aromatic rings. The van der Waals surface area contributed by atoms with Crippen LogP contribution in [0.4, 0.5) is 4.39 Å². The smallest absolute Gasteiger partial charge is 0.142 e. The second-order valence-electron chi connectivity index (χ2n) is 13.1. The maximum Gasteiger partial charge on any atom is 0.142 e. The van der Waals surface area contributed by atoms with E-state index < -0.39 is 5.67 Å². The first kappa shape index (κ1) is 31.0. The third kappa shape index (κ3) is 6.92.